The van der Waals surface area contributed by atoms with Crippen molar-refractivity contribution < 1.29 is 9.21 Å². The predicted octanol–water partition coefficient (Wildman–Crippen LogP) is 2.91. The smallest absolute Gasteiger partial charge is 0.273 e. The molecule has 1 saturated heterocycles. The second-order valence-electron chi connectivity index (χ2n) is 5.91. The summed E-state index contributed by atoms with van der Waals surface area (Å²) in [5, 5.41) is 0.756. The molecule has 0 spiro atoms. The summed E-state index contributed by atoms with van der Waals surface area (Å²) in [5.74, 6) is 1.09. The Bertz CT molecular complexity index is 648. The number of aryl methyl sites for hydroxylation is 1. The van der Waals surface area contributed by atoms with E-state index < -0.39 is 0 Å². The molecule has 6 heteroatoms. The fourth-order valence-electron chi connectivity index (χ4n) is 2.87. The zero-order chi connectivity index (χ0) is 15.7. The third-order valence-corrected chi connectivity index (χ3v) is 5.21. The van der Waals surface area contributed by atoms with Crippen molar-refractivity contribution in [1.82, 2.24) is 9.88 Å². The molecule has 0 aliphatic carbocycles. The van der Waals surface area contributed by atoms with E-state index in [4.69, 9.17) is 10.2 Å². The standard InChI is InChI=1S/C16H21N3O2S/c1-10(17)12-5-3-7-19(9-12)16(20)14-11(2)22-15(18-14)13-6-4-8-21-13/h4,6,8,10,12H,3,5,7,9,17H2,1-2H3. The highest BCUT2D eigenvalue weighted by molar-refractivity contribution is 7.15. The van der Waals surface area contributed by atoms with Crippen molar-refractivity contribution in [3.05, 3.63) is 29.0 Å². The van der Waals surface area contributed by atoms with Gasteiger partial charge in [0.1, 0.15) is 5.69 Å². The van der Waals surface area contributed by atoms with E-state index in [0.29, 0.717) is 17.4 Å². The summed E-state index contributed by atoms with van der Waals surface area (Å²) in [5.41, 5.74) is 6.55. The molecular formula is C16H21N3O2S. The van der Waals surface area contributed by atoms with Crippen LogP contribution in [-0.4, -0.2) is 34.9 Å². The van der Waals surface area contributed by atoms with Crippen molar-refractivity contribution in [3.63, 3.8) is 0 Å². The molecule has 5 nitrogen and oxygen atoms in total. The van der Waals surface area contributed by atoms with Crippen LogP contribution >= 0.6 is 11.3 Å². The van der Waals surface area contributed by atoms with Crippen LogP contribution in [0.5, 0.6) is 0 Å². The Kier molecular flexibility index (Phi) is 4.31. The summed E-state index contributed by atoms with van der Waals surface area (Å²) in [4.78, 5) is 20.1. The van der Waals surface area contributed by atoms with E-state index >= 15 is 0 Å². The second kappa shape index (κ2) is 6.22. The molecule has 2 atom stereocenters. The molecule has 1 amide bonds. The number of thiazole rings is 1. The fraction of sp³-hybridized carbons (Fsp3) is 0.500. The Morgan fingerprint density at radius 3 is 3.09 bits per heavy atom. The second-order valence-corrected chi connectivity index (χ2v) is 7.12. The van der Waals surface area contributed by atoms with Crippen molar-refractivity contribution in [3.8, 4) is 10.8 Å². The summed E-state index contributed by atoms with van der Waals surface area (Å²) in [6, 6.07) is 3.80. The number of nitrogens with two attached hydrogens (primary N) is 1. The van der Waals surface area contributed by atoms with Crippen LogP contribution in [0, 0.1) is 12.8 Å². The normalized spacial score (nSPS) is 20.1. The van der Waals surface area contributed by atoms with Crippen LogP contribution < -0.4 is 5.73 Å². The number of furan rings is 1. The SMILES string of the molecule is Cc1sc(-c2ccco2)nc1C(=O)N1CCCC(C(C)N)C1. The number of hydrogen-bond acceptors (Lipinski definition) is 5. The number of amides is 1. The van der Waals surface area contributed by atoms with E-state index in [-0.39, 0.29) is 11.9 Å². The number of nitrogens with zero attached hydrogens (tertiary/aromatic N) is 2. The molecule has 3 rings (SSSR count). The predicted molar refractivity (Wildman–Crippen MR) is 86.8 cm³/mol. The zero-order valence-corrected chi connectivity index (χ0v) is 13.7. The molecule has 118 valence electrons. The van der Waals surface area contributed by atoms with E-state index in [1.807, 2.05) is 30.9 Å². The molecular weight excluding hydrogens is 298 g/mol. The molecule has 22 heavy (non-hydrogen) atoms. The number of likely N-dealkylation sites (tertiary alicyclic amines) is 1. The van der Waals surface area contributed by atoms with Crippen molar-refractivity contribution in [2.24, 2.45) is 11.7 Å². The molecule has 3 heterocycles. The lowest BCUT2D eigenvalue weighted by Gasteiger charge is -2.34. The maximum Gasteiger partial charge on any atom is 0.273 e. The maximum atomic E-state index is 12.8. The molecule has 2 N–H and O–H groups in total. The van der Waals surface area contributed by atoms with Gasteiger partial charge in [-0.3, -0.25) is 4.79 Å². The van der Waals surface area contributed by atoms with E-state index in [1.54, 1.807) is 6.26 Å². The van der Waals surface area contributed by atoms with Crippen LogP contribution in [0.4, 0.5) is 0 Å². The molecule has 0 radical (unpaired) electrons. The first-order valence-corrected chi connectivity index (χ1v) is 8.44. The fourth-order valence-corrected chi connectivity index (χ4v) is 3.75. The molecule has 0 saturated carbocycles. The van der Waals surface area contributed by atoms with Gasteiger partial charge in [0.15, 0.2) is 10.8 Å². The summed E-state index contributed by atoms with van der Waals surface area (Å²) in [7, 11) is 0. The van der Waals surface area contributed by atoms with Crippen LogP contribution in [0.3, 0.4) is 0 Å². The molecule has 0 aromatic carbocycles. The Balaban J connectivity index is 1.80. The summed E-state index contributed by atoms with van der Waals surface area (Å²) in [6.07, 6.45) is 3.72. The minimum Gasteiger partial charge on any atom is -0.462 e. The molecule has 0 bridgehead atoms. The lowest BCUT2D eigenvalue weighted by molar-refractivity contribution is 0.0655. The molecule has 2 unspecified atom stereocenters. The molecule has 2 aromatic heterocycles. The Labute approximate surface area is 134 Å². The minimum atomic E-state index is 0.0110. The van der Waals surface area contributed by atoms with Gasteiger partial charge in [-0.15, -0.1) is 11.3 Å². The Morgan fingerprint density at radius 1 is 1.59 bits per heavy atom. The van der Waals surface area contributed by atoms with Crippen molar-refractivity contribution in [1.29, 1.82) is 0 Å². The van der Waals surface area contributed by atoms with Gasteiger partial charge in [-0.2, -0.15) is 0 Å². The van der Waals surface area contributed by atoms with Gasteiger partial charge in [0.25, 0.3) is 5.91 Å². The van der Waals surface area contributed by atoms with Crippen molar-refractivity contribution >= 4 is 17.2 Å². The van der Waals surface area contributed by atoms with Gasteiger partial charge >= 0.3 is 0 Å². The van der Waals surface area contributed by atoms with Crippen molar-refractivity contribution in [2.45, 2.75) is 32.7 Å². The van der Waals surface area contributed by atoms with Crippen LogP contribution in [0.1, 0.15) is 35.1 Å². The number of carbonyl (C=O) groups is 1. The van der Waals surface area contributed by atoms with Gasteiger partial charge in [0.2, 0.25) is 0 Å². The third kappa shape index (κ3) is 2.94. The zero-order valence-electron chi connectivity index (χ0n) is 12.9. The van der Waals surface area contributed by atoms with E-state index in [9.17, 15) is 4.79 Å². The summed E-state index contributed by atoms with van der Waals surface area (Å²) < 4.78 is 5.37. The third-order valence-electron chi connectivity index (χ3n) is 4.22. The molecule has 1 aliphatic heterocycles. The summed E-state index contributed by atoms with van der Waals surface area (Å²) in [6.45, 7) is 5.46. The number of carbonyl (C=O) groups excluding carboxylic acids is 1. The largest absolute Gasteiger partial charge is 0.462 e. The lowest BCUT2D eigenvalue weighted by Crippen LogP contribution is -2.45. The van der Waals surface area contributed by atoms with E-state index in [0.717, 1.165) is 35.8 Å². The highest BCUT2D eigenvalue weighted by atomic mass is 32.1. The lowest BCUT2D eigenvalue weighted by atomic mass is 9.92. The monoisotopic (exact) mass is 319 g/mol. The van der Waals surface area contributed by atoms with Crippen LogP contribution in [0.25, 0.3) is 10.8 Å². The van der Waals surface area contributed by atoms with E-state index in [2.05, 4.69) is 4.98 Å². The minimum absolute atomic E-state index is 0.0110. The average molecular weight is 319 g/mol. The maximum absolute atomic E-state index is 12.8. The summed E-state index contributed by atoms with van der Waals surface area (Å²) >= 11 is 1.49. The van der Waals surface area contributed by atoms with Gasteiger partial charge in [-0.05, 0) is 44.7 Å². The van der Waals surface area contributed by atoms with Crippen LogP contribution in [0.15, 0.2) is 22.8 Å². The molecule has 2 aromatic rings. The highest BCUT2D eigenvalue weighted by Crippen LogP contribution is 2.29. The van der Waals surface area contributed by atoms with Gasteiger partial charge in [0.05, 0.1) is 6.26 Å². The highest BCUT2D eigenvalue weighted by Gasteiger charge is 2.29. The first-order chi connectivity index (χ1) is 10.6. The quantitative estimate of drug-likeness (QED) is 0.944. The first-order valence-electron chi connectivity index (χ1n) is 7.62. The topological polar surface area (TPSA) is 72.4 Å². The van der Waals surface area contributed by atoms with Gasteiger partial charge in [0, 0.05) is 24.0 Å². The van der Waals surface area contributed by atoms with Gasteiger partial charge in [-0.25, -0.2) is 4.98 Å². The first kappa shape index (κ1) is 15.2. The van der Waals surface area contributed by atoms with E-state index in [1.165, 1.54) is 11.3 Å². The number of piperidine rings is 1. The number of aromatic nitrogens is 1. The van der Waals surface area contributed by atoms with Crippen LogP contribution in [-0.2, 0) is 0 Å². The Hall–Kier alpha value is -1.66. The molecule has 1 aliphatic rings. The van der Waals surface area contributed by atoms with Crippen molar-refractivity contribution in [2.75, 3.05) is 13.1 Å². The average Bonchev–Trinajstić information content (AvgIpc) is 3.16. The Morgan fingerprint density at radius 2 is 2.41 bits per heavy atom. The number of hydrogen-bond donors (Lipinski definition) is 1. The number of rotatable bonds is 3. The van der Waals surface area contributed by atoms with Gasteiger partial charge < -0.3 is 15.1 Å². The molecule has 1 fully saturated rings. The van der Waals surface area contributed by atoms with Gasteiger partial charge in [-0.1, -0.05) is 0 Å². The van der Waals surface area contributed by atoms with Crippen LogP contribution in [0.2, 0.25) is 0 Å².